The zero-order valence-corrected chi connectivity index (χ0v) is 13.7. The van der Waals surface area contributed by atoms with Gasteiger partial charge in [0.15, 0.2) is 5.75 Å². The van der Waals surface area contributed by atoms with Crippen LogP contribution in [0.15, 0.2) is 12.1 Å². The van der Waals surface area contributed by atoms with E-state index in [1.807, 2.05) is 6.92 Å². The number of carbonyl (C=O) groups excluding carboxylic acids is 2. The molecule has 0 radical (unpaired) electrons. The van der Waals surface area contributed by atoms with Crippen molar-refractivity contribution in [3.63, 3.8) is 0 Å². The lowest BCUT2D eigenvalue weighted by Crippen LogP contribution is -2.10. The molecule has 0 aliphatic rings. The number of ether oxygens (including phenoxy) is 2. The summed E-state index contributed by atoms with van der Waals surface area (Å²) in [5.41, 5.74) is 0. The molecule has 0 amide bonds. The second-order valence-corrected chi connectivity index (χ2v) is 5.47. The second-order valence-electron chi connectivity index (χ2n) is 4.25. The minimum atomic E-state index is -0.515. The van der Waals surface area contributed by atoms with Crippen LogP contribution in [0.3, 0.4) is 0 Å². The molecule has 0 heterocycles. The molecular weight excluding hydrogens is 339 g/mol. The van der Waals surface area contributed by atoms with E-state index in [9.17, 15) is 9.59 Å². The van der Waals surface area contributed by atoms with Gasteiger partial charge < -0.3 is 9.47 Å². The summed E-state index contributed by atoms with van der Waals surface area (Å²) in [5, 5.41) is 0.641. The van der Waals surface area contributed by atoms with Crippen molar-refractivity contribution >= 4 is 46.7 Å². The van der Waals surface area contributed by atoms with Crippen molar-refractivity contribution in [3.05, 3.63) is 27.2 Å². The van der Waals surface area contributed by atoms with Crippen LogP contribution in [0.1, 0.15) is 32.6 Å². The Labute approximate surface area is 138 Å². The van der Waals surface area contributed by atoms with Crippen molar-refractivity contribution in [3.8, 4) is 5.75 Å². The van der Waals surface area contributed by atoms with Crippen LogP contribution in [0.4, 0.5) is 0 Å². The maximum atomic E-state index is 11.7. The third-order valence-corrected chi connectivity index (χ3v) is 3.42. The lowest BCUT2D eigenvalue weighted by atomic mass is 10.2. The smallest absolute Gasteiger partial charge is 0.311 e. The van der Waals surface area contributed by atoms with Crippen LogP contribution in [0.5, 0.6) is 5.75 Å². The highest BCUT2D eigenvalue weighted by atomic mass is 35.5. The molecule has 1 aromatic rings. The van der Waals surface area contributed by atoms with Crippen molar-refractivity contribution in [1.82, 2.24) is 0 Å². The maximum Gasteiger partial charge on any atom is 0.311 e. The van der Waals surface area contributed by atoms with Gasteiger partial charge in [-0.25, -0.2) is 0 Å². The van der Waals surface area contributed by atoms with E-state index in [1.54, 1.807) is 0 Å². The van der Waals surface area contributed by atoms with E-state index in [0.717, 1.165) is 6.42 Å². The van der Waals surface area contributed by atoms with Gasteiger partial charge >= 0.3 is 11.9 Å². The highest BCUT2D eigenvalue weighted by Gasteiger charge is 2.13. The van der Waals surface area contributed by atoms with Crippen molar-refractivity contribution in [2.75, 3.05) is 6.61 Å². The Kier molecular flexibility index (Phi) is 7.86. The molecule has 0 aromatic heterocycles. The predicted octanol–water partition coefficient (Wildman–Crippen LogP) is 4.68. The minimum Gasteiger partial charge on any atom is -0.466 e. The monoisotopic (exact) mass is 352 g/mol. The summed E-state index contributed by atoms with van der Waals surface area (Å²) in [4.78, 5) is 22.9. The third kappa shape index (κ3) is 6.55. The average molecular weight is 354 g/mol. The Morgan fingerprint density at radius 3 is 2.43 bits per heavy atom. The lowest BCUT2D eigenvalue weighted by Gasteiger charge is -2.08. The SMILES string of the molecule is CCCOC(=O)CCCC(=O)Oc1cc(Cl)cc(Cl)c1Cl. The molecular formula is C14H15Cl3O4. The summed E-state index contributed by atoms with van der Waals surface area (Å²) >= 11 is 17.5. The largest absolute Gasteiger partial charge is 0.466 e. The lowest BCUT2D eigenvalue weighted by molar-refractivity contribution is -0.144. The highest BCUT2D eigenvalue weighted by Crippen LogP contribution is 2.35. The van der Waals surface area contributed by atoms with E-state index in [4.69, 9.17) is 44.3 Å². The van der Waals surface area contributed by atoms with Crippen LogP contribution >= 0.6 is 34.8 Å². The summed E-state index contributed by atoms with van der Waals surface area (Å²) in [7, 11) is 0. The van der Waals surface area contributed by atoms with E-state index >= 15 is 0 Å². The number of carbonyl (C=O) groups is 2. The molecule has 0 aliphatic heterocycles. The zero-order chi connectivity index (χ0) is 15.8. The predicted molar refractivity (Wildman–Crippen MR) is 82.2 cm³/mol. The van der Waals surface area contributed by atoms with Gasteiger partial charge in [0.25, 0.3) is 0 Å². The van der Waals surface area contributed by atoms with Crippen molar-refractivity contribution in [2.24, 2.45) is 0 Å². The third-order valence-electron chi connectivity index (χ3n) is 2.41. The van der Waals surface area contributed by atoms with Gasteiger partial charge in [0.2, 0.25) is 0 Å². The van der Waals surface area contributed by atoms with E-state index < -0.39 is 5.97 Å². The van der Waals surface area contributed by atoms with Crippen LogP contribution in [0, 0.1) is 0 Å². The Balaban J connectivity index is 2.43. The van der Waals surface area contributed by atoms with Gasteiger partial charge in [-0.2, -0.15) is 0 Å². The molecule has 7 heteroatoms. The summed E-state index contributed by atoms with van der Waals surface area (Å²) in [6, 6.07) is 2.86. The first-order valence-electron chi connectivity index (χ1n) is 6.45. The van der Waals surface area contributed by atoms with E-state index in [1.165, 1.54) is 12.1 Å². The number of benzene rings is 1. The molecule has 0 saturated carbocycles. The average Bonchev–Trinajstić information content (AvgIpc) is 2.42. The first-order chi connectivity index (χ1) is 9.93. The molecule has 0 N–H and O–H groups in total. The minimum absolute atomic E-state index is 0.0711. The standard InChI is InChI=1S/C14H15Cl3O4/c1-2-6-20-12(18)4-3-5-13(19)21-11-8-9(15)7-10(16)14(11)17/h7-8H,2-6H2,1H3. The fourth-order valence-corrected chi connectivity index (χ4v) is 2.07. The summed E-state index contributed by atoms with van der Waals surface area (Å²) in [6.45, 7) is 2.30. The Bertz CT molecular complexity index is 517. The van der Waals surface area contributed by atoms with Gasteiger partial charge in [-0.15, -0.1) is 0 Å². The first-order valence-corrected chi connectivity index (χ1v) is 7.58. The van der Waals surface area contributed by atoms with Crippen molar-refractivity contribution in [2.45, 2.75) is 32.6 Å². The molecule has 0 aliphatic carbocycles. The highest BCUT2D eigenvalue weighted by molar-refractivity contribution is 6.44. The van der Waals surface area contributed by atoms with Gasteiger partial charge in [-0.05, 0) is 18.9 Å². The number of esters is 2. The van der Waals surface area contributed by atoms with Crippen molar-refractivity contribution in [1.29, 1.82) is 0 Å². The number of hydrogen-bond donors (Lipinski definition) is 0. The van der Waals surface area contributed by atoms with Gasteiger partial charge in [-0.1, -0.05) is 41.7 Å². The quantitative estimate of drug-likeness (QED) is 0.406. The normalized spacial score (nSPS) is 10.3. The number of hydrogen-bond acceptors (Lipinski definition) is 4. The molecule has 0 fully saturated rings. The molecule has 1 aromatic carbocycles. The molecule has 1 rings (SSSR count). The topological polar surface area (TPSA) is 52.6 Å². The number of halogens is 3. The summed E-state index contributed by atoms with van der Waals surface area (Å²) in [6.07, 6.45) is 1.34. The molecule has 116 valence electrons. The maximum absolute atomic E-state index is 11.7. The molecule has 0 unspecified atom stereocenters. The Morgan fingerprint density at radius 2 is 1.76 bits per heavy atom. The molecule has 0 atom stereocenters. The fraction of sp³-hybridized carbons (Fsp3) is 0.429. The molecule has 0 bridgehead atoms. The molecule has 21 heavy (non-hydrogen) atoms. The Hall–Kier alpha value is -0.970. The van der Waals surface area contributed by atoms with Crippen LogP contribution in [-0.2, 0) is 14.3 Å². The van der Waals surface area contributed by atoms with Crippen LogP contribution in [0.25, 0.3) is 0 Å². The summed E-state index contributed by atoms with van der Waals surface area (Å²) < 4.78 is 9.97. The first kappa shape index (κ1) is 18.1. The van der Waals surface area contributed by atoms with Gasteiger partial charge in [0, 0.05) is 23.9 Å². The van der Waals surface area contributed by atoms with Crippen molar-refractivity contribution < 1.29 is 19.1 Å². The van der Waals surface area contributed by atoms with Gasteiger partial charge in [-0.3, -0.25) is 9.59 Å². The Morgan fingerprint density at radius 1 is 1.10 bits per heavy atom. The molecule has 0 saturated heterocycles. The zero-order valence-electron chi connectivity index (χ0n) is 11.5. The van der Waals surface area contributed by atoms with E-state index in [2.05, 4.69) is 0 Å². The van der Waals surface area contributed by atoms with E-state index in [-0.39, 0.29) is 34.6 Å². The van der Waals surface area contributed by atoms with Crippen LogP contribution in [-0.4, -0.2) is 18.5 Å². The van der Waals surface area contributed by atoms with Gasteiger partial charge in [0.05, 0.1) is 11.6 Å². The van der Waals surface area contributed by atoms with Crippen LogP contribution in [0.2, 0.25) is 15.1 Å². The second kappa shape index (κ2) is 9.13. The summed E-state index contributed by atoms with van der Waals surface area (Å²) in [5.74, 6) is -0.736. The molecule has 0 spiro atoms. The van der Waals surface area contributed by atoms with Gasteiger partial charge in [0.1, 0.15) is 5.02 Å². The van der Waals surface area contributed by atoms with E-state index in [0.29, 0.717) is 18.1 Å². The number of rotatable bonds is 7. The van der Waals surface area contributed by atoms with Crippen LogP contribution < -0.4 is 4.74 Å². The fourth-order valence-electron chi connectivity index (χ4n) is 1.45. The molecule has 4 nitrogen and oxygen atoms in total.